The van der Waals surface area contributed by atoms with Crippen LogP contribution >= 0.6 is 0 Å². The molecule has 5 nitrogen and oxygen atoms in total. The number of amides is 2. The van der Waals surface area contributed by atoms with Crippen molar-refractivity contribution in [3.63, 3.8) is 0 Å². The molecule has 0 radical (unpaired) electrons. The van der Waals surface area contributed by atoms with E-state index in [4.69, 9.17) is 0 Å². The first kappa shape index (κ1) is 15.0. The van der Waals surface area contributed by atoms with Gasteiger partial charge in [-0.2, -0.15) is 0 Å². The molecular formula is C12H22N2O3S. The number of hydrogen-bond donors (Lipinski definition) is 1. The molecule has 1 fully saturated rings. The lowest BCUT2D eigenvalue weighted by atomic mass is 9.95. The van der Waals surface area contributed by atoms with Crippen LogP contribution in [0.2, 0.25) is 0 Å². The van der Waals surface area contributed by atoms with Gasteiger partial charge in [-0.15, -0.1) is 0 Å². The van der Waals surface area contributed by atoms with Crippen molar-refractivity contribution in [2.75, 3.05) is 25.9 Å². The Morgan fingerprint density at radius 1 is 1.39 bits per heavy atom. The van der Waals surface area contributed by atoms with E-state index in [9.17, 15) is 13.2 Å². The lowest BCUT2D eigenvalue weighted by Crippen LogP contribution is -2.44. The minimum atomic E-state index is -3.10. The Bertz CT molecular complexity index is 396. The highest BCUT2D eigenvalue weighted by atomic mass is 32.2. The third-order valence-electron chi connectivity index (χ3n) is 3.19. The standard InChI is InChI=1S/C12H22N2O3S/c1-3-11-5-8-14(9-6-11)12(15)13-7-4-10-18(2,16)17/h4,10-11H,3,5-9H2,1-2H3,(H,13,15)/b10-4+. The average Bonchev–Trinajstić information content (AvgIpc) is 2.33. The SMILES string of the molecule is CCC1CCN(C(=O)NC/C=C/S(C)(=O)=O)CC1. The van der Waals surface area contributed by atoms with E-state index in [1.54, 1.807) is 4.90 Å². The second kappa shape index (κ2) is 6.78. The van der Waals surface area contributed by atoms with Crippen molar-refractivity contribution in [1.82, 2.24) is 10.2 Å². The van der Waals surface area contributed by atoms with Crippen LogP contribution < -0.4 is 5.32 Å². The fourth-order valence-electron chi connectivity index (χ4n) is 2.03. The molecule has 0 aromatic rings. The Balaban J connectivity index is 2.28. The third-order valence-corrected chi connectivity index (χ3v) is 3.88. The summed E-state index contributed by atoms with van der Waals surface area (Å²) >= 11 is 0. The number of nitrogens with one attached hydrogen (secondary N) is 1. The number of carbonyl (C=O) groups is 1. The van der Waals surface area contributed by atoms with E-state index in [1.807, 2.05) is 0 Å². The summed E-state index contributed by atoms with van der Waals surface area (Å²) in [4.78, 5) is 13.5. The van der Waals surface area contributed by atoms with Crippen LogP contribution in [0.3, 0.4) is 0 Å². The van der Waals surface area contributed by atoms with Crippen LogP contribution in [0.15, 0.2) is 11.5 Å². The van der Waals surface area contributed by atoms with Crippen molar-refractivity contribution >= 4 is 15.9 Å². The molecule has 1 aliphatic rings. The van der Waals surface area contributed by atoms with E-state index in [0.29, 0.717) is 0 Å². The summed E-state index contributed by atoms with van der Waals surface area (Å²) in [5.41, 5.74) is 0. The Kier molecular flexibility index (Phi) is 5.65. The van der Waals surface area contributed by atoms with E-state index in [2.05, 4.69) is 12.2 Å². The summed E-state index contributed by atoms with van der Waals surface area (Å²) in [6, 6.07) is -0.109. The van der Waals surface area contributed by atoms with Gasteiger partial charge in [-0.25, -0.2) is 13.2 Å². The van der Waals surface area contributed by atoms with Gasteiger partial charge in [0.2, 0.25) is 0 Å². The van der Waals surface area contributed by atoms with E-state index in [1.165, 1.54) is 12.5 Å². The van der Waals surface area contributed by atoms with Crippen LogP contribution in [0.25, 0.3) is 0 Å². The highest BCUT2D eigenvalue weighted by molar-refractivity contribution is 7.93. The maximum absolute atomic E-state index is 11.7. The van der Waals surface area contributed by atoms with Crippen molar-refractivity contribution < 1.29 is 13.2 Å². The molecule has 1 heterocycles. The average molecular weight is 274 g/mol. The van der Waals surface area contributed by atoms with Gasteiger partial charge >= 0.3 is 6.03 Å². The van der Waals surface area contributed by atoms with Gasteiger partial charge in [0, 0.05) is 31.3 Å². The van der Waals surface area contributed by atoms with Crippen molar-refractivity contribution in [2.24, 2.45) is 5.92 Å². The number of sulfone groups is 1. The maximum atomic E-state index is 11.7. The molecule has 0 aliphatic carbocycles. The van der Waals surface area contributed by atoms with Crippen LogP contribution in [0, 0.1) is 5.92 Å². The Hall–Kier alpha value is -1.04. The molecule has 104 valence electrons. The molecule has 2 amide bonds. The highest BCUT2D eigenvalue weighted by Crippen LogP contribution is 2.19. The zero-order valence-electron chi connectivity index (χ0n) is 11.1. The predicted octanol–water partition coefficient (Wildman–Crippen LogP) is 1.38. The van der Waals surface area contributed by atoms with Crippen LogP contribution in [0.4, 0.5) is 4.79 Å². The summed E-state index contributed by atoms with van der Waals surface area (Å²) in [6.45, 7) is 4.01. The molecule has 6 heteroatoms. The molecule has 18 heavy (non-hydrogen) atoms. The fourth-order valence-corrected chi connectivity index (χ4v) is 2.47. The third kappa shape index (κ3) is 5.53. The molecular weight excluding hydrogens is 252 g/mol. The van der Waals surface area contributed by atoms with Crippen molar-refractivity contribution in [3.8, 4) is 0 Å². The number of rotatable bonds is 4. The molecule has 0 aromatic carbocycles. The molecule has 1 saturated heterocycles. The second-order valence-electron chi connectivity index (χ2n) is 4.73. The normalized spacial score (nSPS) is 18.2. The van der Waals surface area contributed by atoms with Gasteiger partial charge in [-0.05, 0) is 18.8 Å². The Labute approximate surface area is 109 Å². The summed E-state index contributed by atoms with van der Waals surface area (Å²) in [5.74, 6) is 0.735. The highest BCUT2D eigenvalue weighted by Gasteiger charge is 2.20. The molecule has 1 aliphatic heterocycles. The second-order valence-corrected chi connectivity index (χ2v) is 6.66. The van der Waals surface area contributed by atoms with Crippen molar-refractivity contribution in [2.45, 2.75) is 26.2 Å². The van der Waals surface area contributed by atoms with Gasteiger partial charge in [0.1, 0.15) is 0 Å². The first-order valence-corrected chi connectivity index (χ1v) is 8.27. The number of nitrogens with zero attached hydrogens (tertiary/aromatic N) is 1. The van der Waals surface area contributed by atoms with Crippen molar-refractivity contribution in [1.29, 1.82) is 0 Å². The van der Waals surface area contributed by atoms with E-state index in [0.717, 1.165) is 43.5 Å². The minimum Gasteiger partial charge on any atom is -0.334 e. The van der Waals surface area contributed by atoms with Gasteiger partial charge in [-0.1, -0.05) is 19.4 Å². The number of urea groups is 1. The van der Waals surface area contributed by atoms with Crippen LogP contribution in [0.5, 0.6) is 0 Å². The summed E-state index contributed by atoms with van der Waals surface area (Å²) < 4.78 is 21.7. The molecule has 0 atom stereocenters. The van der Waals surface area contributed by atoms with Gasteiger partial charge in [0.25, 0.3) is 0 Å². The maximum Gasteiger partial charge on any atom is 0.317 e. The van der Waals surface area contributed by atoms with Gasteiger partial charge in [-0.3, -0.25) is 0 Å². The lowest BCUT2D eigenvalue weighted by molar-refractivity contribution is 0.170. The quantitative estimate of drug-likeness (QED) is 0.842. The molecule has 0 unspecified atom stereocenters. The Morgan fingerprint density at radius 2 is 2.00 bits per heavy atom. The smallest absolute Gasteiger partial charge is 0.317 e. The van der Waals surface area contributed by atoms with Gasteiger partial charge < -0.3 is 10.2 Å². The molecule has 0 spiro atoms. The van der Waals surface area contributed by atoms with Crippen molar-refractivity contribution in [3.05, 3.63) is 11.5 Å². The molecule has 0 bridgehead atoms. The topological polar surface area (TPSA) is 66.5 Å². The van der Waals surface area contributed by atoms with Crippen LogP contribution in [0.1, 0.15) is 26.2 Å². The summed E-state index contributed by atoms with van der Waals surface area (Å²) in [5, 5.41) is 3.80. The molecule has 1 N–H and O–H groups in total. The minimum absolute atomic E-state index is 0.109. The predicted molar refractivity (Wildman–Crippen MR) is 72.0 cm³/mol. The van der Waals surface area contributed by atoms with Crippen LogP contribution in [-0.2, 0) is 9.84 Å². The first-order chi connectivity index (χ1) is 8.42. The van der Waals surface area contributed by atoms with E-state index >= 15 is 0 Å². The molecule has 0 saturated carbocycles. The van der Waals surface area contributed by atoms with E-state index < -0.39 is 9.84 Å². The number of carbonyl (C=O) groups excluding carboxylic acids is 1. The number of piperidine rings is 1. The molecule has 0 aromatic heterocycles. The number of hydrogen-bond acceptors (Lipinski definition) is 3. The summed E-state index contributed by atoms with van der Waals surface area (Å²) in [6.07, 6.45) is 5.87. The molecule has 1 rings (SSSR count). The fraction of sp³-hybridized carbons (Fsp3) is 0.750. The number of likely N-dealkylation sites (tertiary alicyclic amines) is 1. The lowest BCUT2D eigenvalue weighted by Gasteiger charge is -2.31. The Morgan fingerprint density at radius 3 is 2.50 bits per heavy atom. The first-order valence-electron chi connectivity index (χ1n) is 6.31. The zero-order chi connectivity index (χ0) is 13.6. The van der Waals surface area contributed by atoms with Crippen LogP contribution in [-0.4, -0.2) is 45.2 Å². The summed E-state index contributed by atoms with van der Waals surface area (Å²) in [7, 11) is -3.10. The van der Waals surface area contributed by atoms with E-state index in [-0.39, 0.29) is 12.6 Å². The monoisotopic (exact) mass is 274 g/mol. The largest absolute Gasteiger partial charge is 0.334 e. The zero-order valence-corrected chi connectivity index (χ0v) is 11.9. The van der Waals surface area contributed by atoms with Gasteiger partial charge in [0.15, 0.2) is 9.84 Å². The van der Waals surface area contributed by atoms with Gasteiger partial charge in [0.05, 0.1) is 0 Å².